The molecule has 0 aromatic rings. The van der Waals surface area contributed by atoms with Crippen LogP contribution in [0.5, 0.6) is 0 Å². The Balaban J connectivity index is 3.19. The van der Waals surface area contributed by atoms with Gasteiger partial charge < -0.3 is 10.2 Å². The normalized spacial score (nSPS) is 11.9. The highest BCUT2D eigenvalue weighted by atomic mass is 127. The van der Waals surface area contributed by atoms with Crippen molar-refractivity contribution in [3.05, 3.63) is 0 Å². The fourth-order valence-corrected chi connectivity index (χ4v) is 0.441. The molecule has 3 heteroatoms. The highest BCUT2D eigenvalue weighted by Crippen LogP contribution is 1.86. The van der Waals surface area contributed by atoms with Gasteiger partial charge >= 0.3 is 0 Å². The minimum Gasteiger partial charge on any atom is -0.394 e. The second-order valence-corrected chi connectivity index (χ2v) is 1.85. The standard InChI is InChI=1S/C5H7IO2/c6-3-1-2-5(8)4-7/h5,7-8H,2,4H2/t5-/m1/s1. The Labute approximate surface area is 62.0 Å². The third-order valence-electron chi connectivity index (χ3n) is 0.615. The van der Waals surface area contributed by atoms with Crippen molar-refractivity contribution in [1.82, 2.24) is 0 Å². The highest BCUT2D eigenvalue weighted by Gasteiger charge is 1.95. The lowest BCUT2D eigenvalue weighted by Gasteiger charge is -1.97. The van der Waals surface area contributed by atoms with E-state index in [1.807, 2.05) is 22.6 Å². The molecule has 0 heterocycles. The Morgan fingerprint density at radius 3 is 2.62 bits per heavy atom. The molecule has 2 nitrogen and oxygen atoms in total. The van der Waals surface area contributed by atoms with Gasteiger partial charge in [-0.15, -0.1) is 0 Å². The second kappa shape index (κ2) is 5.35. The lowest BCUT2D eigenvalue weighted by Crippen LogP contribution is -2.09. The number of halogens is 1. The van der Waals surface area contributed by atoms with Crippen LogP contribution in [0.3, 0.4) is 0 Å². The quantitative estimate of drug-likeness (QED) is 0.518. The van der Waals surface area contributed by atoms with Crippen LogP contribution in [-0.2, 0) is 0 Å². The van der Waals surface area contributed by atoms with E-state index in [4.69, 9.17) is 10.2 Å². The summed E-state index contributed by atoms with van der Waals surface area (Å²) in [6.07, 6.45) is -0.309. The largest absolute Gasteiger partial charge is 0.394 e. The van der Waals surface area contributed by atoms with Gasteiger partial charge in [0.25, 0.3) is 0 Å². The molecule has 0 aliphatic carbocycles. The fourth-order valence-electron chi connectivity index (χ4n) is 0.221. The molecule has 8 heavy (non-hydrogen) atoms. The van der Waals surface area contributed by atoms with Crippen LogP contribution in [0.25, 0.3) is 0 Å². The molecule has 0 spiro atoms. The molecular weight excluding hydrogens is 219 g/mol. The van der Waals surface area contributed by atoms with Crippen LogP contribution in [0.2, 0.25) is 0 Å². The number of hydrogen-bond donors (Lipinski definition) is 2. The summed E-state index contributed by atoms with van der Waals surface area (Å²) in [6, 6.07) is 0. The van der Waals surface area contributed by atoms with Crippen LogP contribution < -0.4 is 0 Å². The molecule has 0 unspecified atom stereocenters. The van der Waals surface area contributed by atoms with Gasteiger partial charge in [-0.1, -0.05) is 5.92 Å². The first kappa shape index (κ1) is 8.21. The summed E-state index contributed by atoms with van der Waals surface area (Å²) in [5, 5.41) is 16.9. The predicted octanol–water partition coefficient (Wildman–Crippen LogP) is 0.126. The number of aliphatic hydroxyl groups excluding tert-OH is 2. The minimum atomic E-state index is -0.669. The lowest BCUT2D eigenvalue weighted by atomic mass is 10.3. The van der Waals surface area contributed by atoms with E-state index in [0.29, 0.717) is 6.42 Å². The first-order chi connectivity index (χ1) is 3.81. The van der Waals surface area contributed by atoms with E-state index in [2.05, 4.69) is 9.85 Å². The van der Waals surface area contributed by atoms with E-state index >= 15 is 0 Å². The van der Waals surface area contributed by atoms with Crippen LogP contribution in [0.1, 0.15) is 6.42 Å². The topological polar surface area (TPSA) is 40.5 Å². The predicted molar refractivity (Wildman–Crippen MR) is 39.5 cm³/mol. The van der Waals surface area contributed by atoms with Gasteiger partial charge in [-0.3, -0.25) is 0 Å². The Bertz CT molecular complexity index is 103. The molecule has 0 aromatic carbocycles. The van der Waals surface area contributed by atoms with Gasteiger partial charge in [0.2, 0.25) is 0 Å². The van der Waals surface area contributed by atoms with Gasteiger partial charge in [0.15, 0.2) is 0 Å². The summed E-state index contributed by atoms with van der Waals surface area (Å²) < 4.78 is 2.58. The molecule has 0 aromatic heterocycles. The number of aliphatic hydroxyl groups is 2. The average Bonchev–Trinajstić information content (AvgIpc) is 1.83. The first-order valence-electron chi connectivity index (χ1n) is 2.18. The van der Waals surface area contributed by atoms with Gasteiger partial charge in [-0.05, 0) is 3.93 Å². The van der Waals surface area contributed by atoms with E-state index in [-0.39, 0.29) is 6.61 Å². The van der Waals surface area contributed by atoms with Crippen molar-refractivity contribution < 1.29 is 10.2 Å². The number of hydrogen-bond acceptors (Lipinski definition) is 2. The zero-order valence-electron chi connectivity index (χ0n) is 4.26. The van der Waals surface area contributed by atoms with Gasteiger partial charge in [-0.2, -0.15) is 0 Å². The molecule has 0 aliphatic heterocycles. The smallest absolute Gasteiger partial charge is 0.0880 e. The average molecular weight is 226 g/mol. The molecule has 0 bridgehead atoms. The molecule has 2 N–H and O–H groups in total. The van der Waals surface area contributed by atoms with Crippen LogP contribution in [0.4, 0.5) is 0 Å². The fraction of sp³-hybridized carbons (Fsp3) is 0.600. The van der Waals surface area contributed by atoms with Crippen LogP contribution in [0, 0.1) is 9.85 Å². The lowest BCUT2D eigenvalue weighted by molar-refractivity contribution is 0.0993. The Hall–Kier alpha value is 0.210. The molecule has 1 atom stereocenters. The van der Waals surface area contributed by atoms with Gasteiger partial charge in [0.1, 0.15) is 0 Å². The monoisotopic (exact) mass is 226 g/mol. The summed E-state index contributed by atoms with van der Waals surface area (Å²) >= 11 is 1.88. The summed E-state index contributed by atoms with van der Waals surface area (Å²) in [4.78, 5) is 0. The second-order valence-electron chi connectivity index (χ2n) is 1.31. The van der Waals surface area contributed by atoms with E-state index in [9.17, 15) is 0 Å². The Morgan fingerprint density at radius 2 is 2.25 bits per heavy atom. The molecule has 46 valence electrons. The van der Waals surface area contributed by atoms with Crippen LogP contribution in [-0.4, -0.2) is 22.9 Å². The summed E-state index contributed by atoms with van der Waals surface area (Å²) in [7, 11) is 0. The Morgan fingerprint density at radius 1 is 1.62 bits per heavy atom. The van der Waals surface area contributed by atoms with Crippen molar-refractivity contribution in [1.29, 1.82) is 0 Å². The zero-order valence-corrected chi connectivity index (χ0v) is 6.42. The van der Waals surface area contributed by atoms with Gasteiger partial charge in [0.05, 0.1) is 12.7 Å². The SMILES string of the molecule is OC[C@H](O)CC#CI. The molecular formula is C5H7IO2. The van der Waals surface area contributed by atoms with Gasteiger partial charge in [0, 0.05) is 29.0 Å². The molecule has 0 aliphatic rings. The summed E-state index contributed by atoms with van der Waals surface area (Å²) in [5.74, 6) is 2.63. The molecule has 0 saturated heterocycles. The molecule has 0 saturated carbocycles. The minimum absolute atomic E-state index is 0.203. The van der Waals surface area contributed by atoms with E-state index in [1.165, 1.54) is 0 Å². The maximum Gasteiger partial charge on any atom is 0.0880 e. The molecule has 0 radical (unpaired) electrons. The van der Waals surface area contributed by atoms with E-state index in [0.717, 1.165) is 0 Å². The zero-order chi connectivity index (χ0) is 6.41. The molecule has 0 fully saturated rings. The third-order valence-corrected chi connectivity index (χ3v) is 0.997. The maximum atomic E-state index is 8.63. The Kier molecular flexibility index (Phi) is 5.49. The van der Waals surface area contributed by atoms with Crippen molar-refractivity contribution in [2.75, 3.05) is 6.61 Å². The number of rotatable bonds is 2. The first-order valence-corrected chi connectivity index (χ1v) is 3.26. The van der Waals surface area contributed by atoms with Crippen molar-refractivity contribution in [3.63, 3.8) is 0 Å². The van der Waals surface area contributed by atoms with Crippen molar-refractivity contribution in [2.45, 2.75) is 12.5 Å². The molecule has 0 rings (SSSR count). The van der Waals surface area contributed by atoms with E-state index in [1.54, 1.807) is 0 Å². The van der Waals surface area contributed by atoms with Crippen molar-refractivity contribution in [3.8, 4) is 9.85 Å². The summed E-state index contributed by atoms with van der Waals surface area (Å²) in [6.45, 7) is -0.203. The maximum absolute atomic E-state index is 8.63. The van der Waals surface area contributed by atoms with Crippen molar-refractivity contribution in [2.24, 2.45) is 0 Å². The summed E-state index contributed by atoms with van der Waals surface area (Å²) in [5.41, 5.74) is 0. The molecule has 0 amide bonds. The van der Waals surface area contributed by atoms with Gasteiger partial charge in [-0.25, -0.2) is 0 Å². The van der Waals surface area contributed by atoms with Crippen molar-refractivity contribution >= 4 is 22.6 Å². The highest BCUT2D eigenvalue weighted by molar-refractivity contribution is 14.1. The third kappa shape index (κ3) is 4.37. The van der Waals surface area contributed by atoms with Crippen LogP contribution >= 0.6 is 22.6 Å². The van der Waals surface area contributed by atoms with E-state index < -0.39 is 6.10 Å². The van der Waals surface area contributed by atoms with Crippen LogP contribution in [0.15, 0.2) is 0 Å².